The Kier molecular flexibility index (Phi) is 5.94. The highest BCUT2D eigenvalue weighted by Crippen LogP contribution is 2.09. The van der Waals surface area contributed by atoms with Gasteiger partial charge in [0, 0.05) is 13.5 Å². The van der Waals surface area contributed by atoms with Crippen molar-refractivity contribution >= 4 is 23.0 Å². The SMILES string of the molecule is Br.CC(=O)OCc1cncn1Cc1ccc(C#N)cc1. The second kappa shape index (κ2) is 7.46. The van der Waals surface area contributed by atoms with E-state index >= 15 is 0 Å². The lowest BCUT2D eigenvalue weighted by Crippen LogP contribution is -2.07. The Morgan fingerprint density at radius 2 is 2.10 bits per heavy atom. The summed E-state index contributed by atoms with van der Waals surface area (Å²) in [5.41, 5.74) is 2.52. The zero-order valence-corrected chi connectivity index (χ0v) is 12.7. The number of rotatable bonds is 4. The molecule has 20 heavy (non-hydrogen) atoms. The number of benzene rings is 1. The van der Waals surface area contributed by atoms with Crippen LogP contribution in [0.15, 0.2) is 36.8 Å². The summed E-state index contributed by atoms with van der Waals surface area (Å²) in [5.74, 6) is -0.314. The van der Waals surface area contributed by atoms with Crippen molar-refractivity contribution in [1.29, 1.82) is 5.26 Å². The Hall–Kier alpha value is -2.13. The Labute approximate surface area is 127 Å². The molecule has 0 bridgehead atoms. The van der Waals surface area contributed by atoms with Gasteiger partial charge in [0.2, 0.25) is 0 Å². The molecule has 0 aliphatic rings. The first kappa shape index (κ1) is 15.9. The molecule has 0 saturated heterocycles. The highest BCUT2D eigenvalue weighted by Gasteiger charge is 2.05. The standard InChI is InChI=1S/C14H13N3O2.BrH/c1-11(18)19-9-14-7-16-10-17(14)8-13-4-2-12(6-15)3-5-13;/h2-5,7,10H,8-9H2,1H3;1H. The maximum atomic E-state index is 10.8. The van der Waals surface area contributed by atoms with E-state index in [2.05, 4.69) is 11.1 Å². The monoisotopic (exact) mass is 335 g/mol. The number of nitrogens with zero attached hydrogens (tertiary/aromatic N) is 3. The van der Waals surface area contributed by atoms with Gasteiger partial charge in [0.15, 0.2) is 0 Å². The van der Waals surface area contributed by atoms with E-state index in [-0.39, 0.29) is 29.6 Å². The quantitative estimate of drug-likeness (QED) is 0.805. The van der Waals surface area contributed by atoms with Gasteiger partial charge in [-0.2, -0.15) is 5.26 Å². The summed E-state index contributed by atoms with van der Waals surface area (Å²) in [6, 6.07) is 9.43. The molecule has 0 fully saturated rings. The van der Waals surface area contributed by atoms with Crippen LogP contribution >= 0.6 is 17.0 Å². The number of ether oxygens (including phenoxy) is 1. The van der Waals surface area contributed by atoms with Gasteiger partial charge < -0.3 is 9.30 Å². The van der Waals surface area contributed by atoms with Crippen LogP contribution < -0.4 is 0 Å². The predicted octanol–water partition coefficient (Wildman–Crippen LogP) is 2.44. The van der Waals surface area contributed by atoms with Crippen molar-refractivity contribution < 1.29 is 9.53 Å². The fourth-order valence-electron chi connectivity index (χ4n) is 1.67. The van der Waals surface area contributed by atoms with Crippen LogP contribution in [-0.2, 0) is 22.7 Å². The highest BCUT2D eigenvalue weighted by molar-refractivity contribution is 8.93. The maximum Gasteiger partial charge on any atom is 0.303 e. The van der Waals surface area contributed by atoms with E-state index in [4.69, 9.17) is 10.00 Å². The van der Waals surface area contributed by atoms with Crippen LogP contribution in [0.5, 0.6) is 0 Å². The molecule has 0 N–H and O–H groups in total. The second-order valence-electron chi connectivity index (χ2n) is 4.10. The number of nitriles is 1. The number of hydrogen-bond donors (Lipinski definition) is 0. The molecule has 2 aromatic rings. The van der Waals surface area contributed by atoms with Gasteiger partial charge in [0.25, 0.3) is 0 Å². The smallest absolute Gasteiger partial charge is 0.303 e. The van der Waals surface area contributed by atoms with Crippen LogP contribution in [0.3, 0.4) is 0 Å². The van der Waals surface area contributed by atoms with Crippen LogP contribution in [0.4, 0.5) is 0 Å². The first-order valence-electron chi connectivity index (χ1n) is 5.80. The van der Waals surface area contributed by atoms with E-state index in [0.29, 0.717) is 12.1 Å². The normalized spacial score (nSPS) is 9.40. The Bertz CT molecular complexity index is 614. The summed E-state index contributed by atoms with van der Waals surface area (Å²) in [4.78, 5) is 14.8. The molecule has 0 aliphatic heterocycles. The van der Waals surface area contributed by atoms with E-state index in [1.807, 2.05) is 16.7 Å². The van der Waals surface area contributed by atoms with Crippen molar-refractivity contribution in [3.8, 4) is 6.07 Å². The van der Waals surface area contributed by atoms with E-state index in [1.54, 1.807) is 24.7 Å². The number of halogens is 1. The van der Waals surface area contributed by atoms with Crippen molar-refractivity contribution in [3.05, 3.63) is 53.6 Å². The van der Waals surface area contributed by atoms with E-state index in [1.165, 1.54) is 6.92 Å². The Balaban J connectivity index is 0.00000200. The highest BCUT2D eigenvalue weighted by atomic mass is 79.9. The zero-order chi connectivity index (χ0) is 13.7. The summed E-state index contributed by atoms with van der Waals surface area (Å²) in [6.45, 7) is 2.22. The molecule has 0 saturated carbocycles. The van der Waals surface area contributed by atoms with Crippen molar-refractivity contribution in [3.63, 3.8) is 0 Å². The van der Waals surface area contributed by atoms with E-state index in [9.17, 15) is 4.79 Å². The molecular formula is C14H14BrN3O2. The van der Waals surface area contributed by atoms with E-state index in [0.717, 1.165) is 11.3 Å². The van der Waals surface area contributed by atoms with Crippen LogP contribution in [0.1, 0.15) is 23.7 Å². The lowest BCUT2D eigenvalue weighted by atomic mass is 10.1. The van der Waals surface area contributed by atoms with Gasteiger partial charge in [-0.15, -0.1) is 17.0 Å². The molecule has 0 unspecified atom stereocenters. The largest absolute Gasteiger partial charge is 0.459 e. The number of esters is 1. The number of aromatic nitrogens is 2. The summed E-state index contributed by atoms with van der Waals surface area (Å²) >= 11 is 0. The average molecular weight is 336 g/mol. The van der Waals surface area contributed by atoms with Gasteiger partial charge in [-0.25, -0.2) is 4.98 Å². The van der Waals surface area contributed by atoms with E-state index < -0.39 is 0 Å². The molecule has 0 aliphatic carbocycles. The predicted molar refractivity (Wildman–Crippen MR) is 78.3 cm³/mol. The van der Waals surface area contributed by atoms with Crippen molar-refractivity contribution in [2.45, 2.75) is 20.1 Å². The summed E-state index contributed by atoms with van der Waals surface area (Å²) < 4.78 is 6.87. The van der Waals surface area contributed by atoms with Crippen LogP contribution in [0.25, 0.3) is 0 Å². The lowest BCUT2D eigenvalue weighted by Gasteiger charge is -2.08. The molecule has 6 heteroatoms. The van der Waals surface area contributed by atoms with Crippen LogP contribution in [0.2, 0.25) is 0 Å². The summed E-state index contributed by atoms with van der Waals surface area (Å²) in [7, 11) is 0. The van der Waals surface area contributed by atoms with Gasteiger partial charge in [-0.1, -0.05) is 12.1 Å². The molecule has 0 atom stereocenters. The lowest BCUT2D eigenvalue weighted by molar-refractivity contribution is -0.142. The maximum absolute atomic E-state index is 10.8. The minimum Gasteiger partial charge on any atom is -0.459 e. The van der Waals surface area contributed by atoms with Crippen molar-refractivity contribution in [2.75, 3.05) is 0 Å². The fourth-order valence-corrected chi connectivity index (χ4v) is 1.67. The minimum atomic E-state index is -0.314. The van der Waals surface area contributed by atoms with Gasteiger partial charge in [-0.05, 0) is 17.7 Å². The third-order valence-corrected chi connectivity index (χ3v) is 2.66. The molecule has 1 aromatic heterocycles. The third kappa shape index (κ3) is 4.21. The number of hydrogen-bond acceptors (Lipinski definition) is 4. The molecule has 104 valence electrons. The van der Waals surface area contributed by atoms with Gasteiger partial charge in [0.1, 0.15) is 6.61 Å². The van der Waals surface area contributed by atoms with Gasteiger partial charge >= 0.3 is 5.97 Å². The number of carbonyl (C=O) groups is 1. The summed E-state index contributed by atoms with van der Waals surface area (Å²) in [5, 5.41) is 8.74. The minimum absolute atomic E-state index is 0. The molecule has 0 spiro atoms. The fraction of sp³-hybridized carbons (Fsp3) is 0.214. The molecule has 0 amide bonds. The molecule has 1 aromatic carbocycles. The molecular weight excluding hydrogens is 322 g/mol. The average Bonchev–Trinajstić information content (AvgIpc) is 2.84. The Morgan fingerprint density at radius 3 is 2.70 bits per heavy atom. The third-order valence-electron chi connectivity index (χ3n) is 2.66. The molecule has 1 heterocycles. The van der Waals surface area contributed by atoms with Crippen LogP contribution in [0, 0.1) is 11.3 Å². The molecule has 5 nitrogen and oxygen atoms in total. The Morgan fingerprint density at radius 1 is 1.40 bits per heavy atom. The second-order valence-corrected chi connectivity index (χ2v) is 4.10. The summed E-state index contributed by atoms with van der Waals surface area (Å²) in [6.07, 6.45) is 3.36. The van der Waals surface area contributed by atoms with Gasteiger partial charge in [0.05, 0.1) is 29.9 Å². The zero-order valence-electron chi connectivity index (χ0n) is 10.9. The first-order valence-corrected chi connectivity index (χ1v) is 5.80. The van der Waals surface area contributed by atoms with Crippen LogP contribution in [-0.4, -0.2) is 15.5 Å². The molecule has 2 rings (SSSR count). The number of carbonyl (C=O) groups excluding carboxylic acids is 1. The topological polar surface area (TPSA) is 67.9 Å². The molecule has 0 radical (unpaired) electrons. The van der Waals surface area contributed by atoms with Crippen molar-refractivity contribution in [1.82, 2.24) is 9.55 Å². The van der Waals surface area contributed by atoms with Gasteiger partial charge in [-0.3, -0.25) is 4.79 Å². The number of imidazole rings is 1. The first-order chi connectivity index (χ1) is 9.19. The van der Waals surface area contributed by atoms with Crippen molar-refractivity contribution in [2.24, 2.45) is 0 Å².